The second-order valence-corrected chi connectivity index (χ2v) is 7.07. The van der Waals surface area contributed by atoms with Gasteiger partial charge in [0.2, 0.25) is 0 Å². The van der Waals surface area contributed by atoms with Crippen molar-refractivity contribution in [3.63, 3.8) is 0 Å². The second-order valence-electron chi connectivity index (χ2n) is 7.07. The lowest BCUT2D eigenvalue weighted by Gasteiger charge is -2.19. The zero-order valence-electron chi connectivity index (χ0n) is 15.0. The van der Waals surface area contributed by atoms with Gasteiger partial charge in [0.05, 0.1) is 6.10 Å². The van der Waals surface area contributed by atoms with Gasteiger partial charge in [-0.05, 0) is 80.0 Å². The third-order valence-electron chi connectivity index (χ3n) is 5.22. The number of nitrogens with one attached hydrogen (secondary N) is 1. The summed E-state index contributed by atoms with van der Waals surface area (Å²) < 4.78 is 11.3. The van der Waals surface area contributed by atoms with Crippen LogP contribution in [0.4, 0.5) is 5.69 Å². The Kier molecular flexibility index (Phi) is 5.21. The first-order chi connectivity index (χ1) is 12.8. The molecule has 0 unspecified atom stereocenters. The fraction of sp³-hybridized carbons (Fsp3) is 0.409. The Balaban J connectivity index is 1.39. The zero-order chi connectivity index (χ0) is 17.8. The molecule has 2 aromatic rings. The minimum Gasteiger partial charge on any atom is -0.491 e. The highest BCUT2D eigenvalue weighted by molar-refractivity contribution is 6.04. The SMILES string of the molecule is O=C(Nc1cccc2c1CCCC2)c1ccc(OC[C@H]2CCCO2)cc1. The molecule has 4 rings (SSSR count). The number of amides is 1. The molecule has 2 aromatic carbocycles. The number of fused-ring (bicyclic) bond motifs is 1. The number of benzene rings is 2. The van der Waals surface area contributed by atoms with Crippen molar-refractivity contribution in [2.45, 2.75) is 44.6 Å². The quantitative estimate of drug-likeness (QED) is 0.870. The van der Waals surface area contributed by atoms with Crippen LogP contribution in [0.1, 0.15) is 47.2 Å². The average Bonchev–Trinajstić information content (AvgIpc) is 3.21. The number of anilines is 1. The molecule has 4 nitrogen and oxygen atoms in total. The molecule has 1 aliphatic carbocycles. The van der Waals surface area contributed by atoms with E-state index in [-0.39, 0.29) is 12.0 Å². The summed E-state index contributed by atoms with van der Waals surface area (Å²) in [6, 6.07) is 13.5. The fourth-order valence-corrected chi connectivity index (χ4v) is 3.76. The number of hydrogen-bond acceptors (Lipinski definition) is 3. The Labute approximate surface area is 154 Å². The van der Waals surface area contributed by atoms with Crippen molar-refractivity contribution in [3.8, 4) is 5.75 Å². The van der Waals surface area contributed by atoms with Gasteiger partial charge in [-0.15, -0.1) is 0 Å². The highest BCUT2D eigenvalue weighted by Gasteiger charge is 2.17. The Morgan fingerprint density at radius 2 is 1.92 bits per heavy atom. The number of carbonyl (C=O) groups excluding carboxylic acids is 1. The van der Waals surface area contributed by atoms with Crippen molar-refractivity contribution in [1.29, 1.82) is 0 Å². The minimum atomic E-state index is -0.0744. The molecule has 0 aromatic heterocycles. The van der Waals surface area contributed by atoms with Gasteiger partial charge < -0.3 is 14.8 Å². The summed E-state index contributed by atoms with van der Waals surface area (Å²) in [7, 11) is 0. The van der Waals surface area contributed by atoms with E-state index < -0.39 is 0 Å². The summed E-state index contributed by atoms with van der Waals surface area (Å²) in [6.45, 7) is 1.40. The van der Waals surface area contributed by atoms with Crippen molar-refractivity contribution in [2.24, 2.45) is 0 Å². The lowest BCUT2D eigenvalue weighted by atomic mass is 9.90. The molecule has 26 heavy (non-hydrogen) atoms. The molecule has 1 aliphatic heterocycles. The minimum absolute atomic E-state index is 0.0744. The maximum Gasteiger partial charge on any atom is 0.255 e. The van der Waals surface area contributed by atoms with Gasteiger partial charge in [-0.2, -0.15) is 0 Å². The van der Waals surface area contributed by atoms with Crippen molar-refractivity contribution < 1.29 is 14.3 Å². The Morgan fingerprint density at radius 3 is 2.73 bits per heavy atom. The van der Waals surface area contributed by atoms with E-state index in [1.54, 1.807) is 0 Å². The van der Waals surface area contributed by atoms with Gasteiger partial charge in [0, 0.05) is 17.9 Å². The molecule has 0 spiro atoms. The summed E-state index contributed by atoms with van der Waals surface area (Å²) in [5.74, 6) is 0.698. The monoisotopic (exact) mass is 351 g/mol. The molecule has 1 N–H and O–H groups in total. The van der Waals surface area contributed by atoms with E-state index in [0.29, 0.717) is 12.2 Å². The standard InChI is InChI=1S/C22H25NO3/c24-22(23-21-9-3-6-16-5-1-2-8-20(16)21)17-10-12-18(13-11-17)26-15-19-7-4-14-25-19/h3,6,9-13,19H,1-2,4-5,7-8,14-15H2,(H,23,24)/t19-/m1/s1. The number of ether oxygens (including phenoxy) is 2. The number of rotatable bonds is 5. The topological polar surface area (TPSA) is 47.6 Å². The first kappa shape index (κ1) is 17.1. The molecule has 4 heteroatoms. The summed E-state index contributed by atoms with van der Waals surface area (Å²) >= 11 is 0. The van der Waals surface area contributed by atoms with E-state index >= 15 is 0 Å². The summed E-state index contributed by atoms with van der Waals surface area (Å²) in [4.78, 5) is 12.6. The van der Waals surface area contributed by atoms with Crippen LogP contribution in [0.2, 0.25) is 0 Å². The first-order valence-electron chi connectivity index (χ1n) is 9.56. The average molecular weight is 351 g/mol. The van der Waals surface area contributed by atoms with Gasteiger partial charge in [0.15, 0.2) is 0 Å². The zero-order valence-corrected chi connectivity index (χ0v) is 15.0. The normalized spacial score (nSPS) is 19.0. The van der Waals surface area contributed by atoms with Crippen LogP contribution in [-0.4, -0.2) is 25.2 Å². The lowest BCUT2D eigenvalue weighted by Crippen LogP contribution is -2.17. The molecule has 1 amide bonds. The summed E-state index contributed by atoms with van der Waals surface area (Å²) in [5, 5.41) is 3.08. The van der Waals surface area contributed by atoms with E-state index in [4.69, 9.17) is 9.47 Å². The van der Waals surface area contributed by atoms with Crippen LogP contribution >= 0.6 is 0 Å². The molecule has 0 bridgehead atoms. The molecule has 1 fully saturated rings. The molecule has 1 saturated heterocycles. The molecule has 2 aliphatic rings. The highest BCUT2D eigenvalue weighted by atomic mass is 16.5. The van der Waals surface area contributed by atoms with E-state index in [2.05, 4.69) is 11.4 Å². The van der Waals surface area contributed by atoms with Crippen molar-refractivity contribution in [2.75, 3.05) is 18.5 Å². The molecule has 1 heterocycles. The van der Waals surface area contributed by atoms with Crippen LogP contribution < -0.4 is 10.1 Å². The Hall–Kier alpha value is -2.33. The van der Waals surface area contributed by atoms with Gasteiger partial charge in [-0.25, -0.2) is 0 Å². The van der Waals surface area contributed by atoms with Gasteiger partial charge in [0.1, 0.15) is 12.4 Å². The molecular formula is C22H25NO3. The molecular weight excluding hydrogens is 326 g/mol. The van der Waals surface area contributed by atoms with Crippen LogP contribution in [0, 0.1) is 0 Å². The van der Waals surface area contributed by atoms with Gasteiger partial charge in [-0.1, -0.05) is 12.1 Å². The summed E-state index contributed by atoms with van der Waals surface area (Å²) in [5.41, 5.74) is 4.25. The van der Waals surface area contributed by atoms with Crippen LogP contribution in [0.5, 0.6) is 5.75 Å². The summed E-state index contributed by atoms with van der Waals surface area (Å²) in [6.07, 6.45) is 6.94. The maximum absolute atomic E-state index is 12.6. The van der Waals surface area contributed by atoms with Crippen LogP contribution in [-0.2, 0) is 17.6 Å². The molecule has 136 valence electrons. The second kappa shape index (κ2) is 7.92. The smallest absolute Gasteiger partial charge is 0.255 e. The predicted molar refractivity (Wildman–Crippen MR) is 102 cm³/mol. The third kappa shape index (κ3) is 3.91. The van der Waals surface area contributed by atoms with Crippen LogP contribution in [0.25, 0.3) is 0 Å². The number of aryl methyl sites for hydroxylation is 1. The number of carbonyl (C=O) groups is 1. The van der Waals surface area contributed by atoms with Crippen LogP contribution in [0.15, 0.2) is 42.5 Å². The largest absolute Gasteiger partial charge is 0.491 e. The van der Waals surface area contributed by atoms with E-state index in [1.165, 1.54) is 24.0 Å². The highest BCUT2D eigenvalue weighted by Crippen LogP contribution is 2.28. The van der Waals surface area contributed by atoms with Gasteiger partial charge >= 0.3 is 0 Å². The van der Waals surface area contributed by atoms with E-state index in [9.17, 15) is 4.79 Å². The number of hydrogen-bond donors (Lipinski definition) is 1. The maximum atomic E-state index is 12.6. The van der Waals surface area contributed by atoms with Crippen molar-refractivity contribution in [1.82, 2.24) is 0 Å². The molecule has 1 atom stereocenters. The Morgan fingerprint density at radius 1 is 1.08 bits per heavy atom. The predicted octanol–water partition coefficient (Wildman–Crippen LogP) is 4.38. The van der Waals surface area contributed by atoms with E-state index in [1.807, 2.05) is 36.4 Å². The first-order valence-corrected chi connectivity index (χ1v) is 9.56. The van der Waals surface area contributed by atoms with E-state index in [0.717, 1.165) is 43.7 Å². The fourth-order valence-electron chi connectivity index (χ4n) is 3.76. The molecule has 0 saturated carbocycles. The lowest BCUT2D eigenvalue weighted by molar-refractivity contribution is 0.0679. The molecule has 0 radical (unpaired) electrons. The van der Waals surface area contributed by atoms with Crippen LogP contribution in [0.3, 0.4) is 0 Å². The van der Waals surface area contributed by atoms with Crippen molar-refractivity contribution >= 4 is 11.6 Å². The van der Waals surface area contributed by atoms with Crippen molar-refractivity contribution in [3.05, 3.63) is 59.2 Å². The van der Waals surface area contributed by atoms with Gasteiger partial charge in [-0.3, -0.25) is 4.79 Å². The third-order valence-corrected chi connectivity index (χ3v) is 5.22. The Bertz CT molecular complexity index is 763. The van der Waals surface area contributed by atoms with Gasteiger partial charge in [0.25, 0.3) is 5.91 Å².